The number of hydrogen-bond donors (Lipinski definition) is 2. The predicted molar refractivity (Wildman–Crippen MR) is 112 cm³/mol. The zero-order chi connectivity index (χ0) is 19.3. The van der Waals surface area contributed by atoms with Crippen LogP contribution < -0.4 is 25.9 Å². The summed E-state index contributed by atoms with van der Waals surface area (Å²) in [6.45, 7) is 1.17. The fraction of sp³-hybridized carbons (Fsp3) is 0.190. The van der Waals surface area contributed by atoms with E-state index >= 15 is 0 Å². The molecule has 4 rings (SSSR count). The first-order valence-corrected chi connectivity index (χ1v) is 9.15. The standard InChI is InChI=1S/C21H20N6O/c1-23-13-14-7-8-17-19(11-14)28-20-12-18(24-9-4-10-25-27-22)15-5-2-3-6-16(15)21(20)26-17/h2-3,5-8,11-13,23-24H,4,9-10H2,1H3. The Hall–Kier alpha value is -3.70. The minimum absolute atomic E-state index is 0.469. The molecule has 0 unspecified atom stereocenters. The summed E-state index contributed by atoms with van der Waals surface area (Å²) in [6.07, 6.45) is 2.67. The smallest absolute Gasteiger partial charge is 0.155 e. The summed E-state index contributed by atoms with van der Waals surface area (Å²) in [5, 5.41) is 14.0. The Kier molecular flexibility index (Phi) is 4.99. The lowest BCUT2D eigenvalue weighted by Crippen LogP contribution is -2.16. The van der Waals surface area contributed by atoms with Crippen LogP contribution in [0, 0.1) is 0 Å². The Morgan fingerprint density at radius 1 is 1.14 bits per heavy atom. The molecular weight excluding hydrogens is 352 g/mol. The minimum Gasteiger partial charge on any atom is -0.453 e. The van der Waals surface area contributed by atoms with Crippen LogP contribution in [-0.4, -0.2) is 20.1 Å². The van der Waals surface area contributed by atoms with Gasteiger partial charge in [-0.25, -0.2) is 4.99 Å². The largest absolute Gasteiger partial charge is 0.453 e. The fourth-order valence-electron chi connectivity index (χ4n) is 3.29. The first-order valence-electron chi connectivity index (χ1n) is 9.15. The summed E-state index contributed by atoms with van der Waals surface area (Å²) in [4.78, 5) is 7.65. The second-order valence-electron chi connectivity index (χ2n) is 6.43. The summed E-state index contributed by atoms with van der Waals surface area (Å²) >= 11 is 0. The Bertz CT molecular complexity index is 1200. The van der Waals surface area contributed by atoms with Gasteiger partial charge < -0.3 is 15.4 Å². The maximum absolute atomic E-state index is 8.39. The molecule has 0 saturated carbocycles. The quantitative estimate of drug-likeness (QED) is 0.232. The van der Waals surface area contributed by atoms with E-state index in [4.69, 9.17) is 15.3 Å². The van der Waals surface area contributed by atoms with Gasteiger partial charge in [-0.15, -0.1) is 0 Å². The average Bonchev–Trinajstić information content (AvgIpc) is 2.72. The molecule has 3 aromatic carbocycles. The molecule has 0 atom stereocenters. The van der Waals surface area contributed by atoms with Crippen LogP contribution in [0.3, 0.4) is 0 Å². The summed E-state index contributed by atoms with van der Waals surface area (Å²) in [5.74, 6) is 1.46. The lowest BCUT2D eigenvalue weighted by Gasteiger charge is -2.19. The molecule has 28 heavy (non-hydrogen) atoms. The normalized spacial score (nSPS) is 12.2. The van der Waals surface area contributed by atoms with Crippen molar-refractivity contribution >= 4 is 28.3 Å². The van der Waals surface area contributed by atoms with Crippen molar-refractivity contribution in [3.8, 4) is 11.5 Å². The molecule has 0 radical (unpaired) electrons. The third-order valence-corrected chi connectivity index (χ3v) is 4.54. The second-order valence-corrected chi connectivity index (χ2v) is 6.43. The molecule has 1 heterocycles. The highest BCUT2D eigenvalue weighted by Crippen LogP contribution is 2.43. The van der Waals surface area contributed by atoms with Crippen molar-refractivity contribution in [3.63, 3.8) is 0 Å². The van der Waals surface area contributed by atoms with Crippen LogP contribution >= 0.6 is 0 Å². The van der Waals surface area contributed by atoms with E-state index in [9.17, 15) is 0 Å². The molecule has 3 aromatic rings. The SMILES string of the molecule is CNC=c1ccc2c(c1)Oc1cc(NCCCN=[N+]=[N-])c3ccccc3c1N=2. The Morgan fingerprint density at radius 2 is 2.00 bits per heavy atom. The zero-order valence-corrected chi connectivity index (χ0v) is 15.5. The van der Waals surface area contributed by atoms with Gasteiger partial charge in [-0.3, -0.25) is 0 Å². The molecule has 7 nitrogen and oxygen atoms in total. The third kappa shape index (κ3) is 3.43. The number of azide groups is 1. The lowest BCUT2D eigenvalue weighted by molar-refractivity contribution is 0.470. The van der Waals surface area contributed by atoms with E-state index in [0.717, 1.165) is 50.6 Å². The van der Waals surface area contributed by atoms with Gasteiger partial charge in [0.2, 0.25) is 0 Å². The van der Waals surface area contributed by atoms with Crippen molar-refractivity contribution in [1.82, 2.24) is 5.32 Å². The number of hydrogen-bond acceptors (Lipinski definition) is 5. The van der Waals surface area contributed by atoms with Crippen LogP contribution in [0.4, 0.5) is 11.4 Å². The fourth-order valence-corrected chi connectivity index (χ4v) is 3.29. The van der Waals surface area contributed by atoms with E-state index in [1.54, 1.807) is 0 Å². The highest BCUT2D eigenvalue weighted by Gasteiger charge is 2.17. The first kappa shape index (κ1) is 17.7. The molecule has 0 fully saturated rings. The molecule has 0 aliphatic carbocycles. The van der Waals surface area contributed by atoms with Gasteiger partial charge in [-0.05, 0) is 29.3 Å². The highest BCUT2D eigenvalue weighted by atomic mass is 16.5. The van der Waals surface area contributed by atoms with E-state index in [1.165, 1.54) is 0 Å². The van der Waals surface area contributed by atoms with E-state index < -0.39 is 0 Å². The van der Waals surface area contributed by atoms with E-state index in [1.807, 2.05) is 49.6 Å². The van der Waals surface area contributed by atoms with Crippen molar-refractivity contribution in [3.05, 3.63) is 69.5 Å². The molecule has 1 aliphatic rings. The van der Waals surface area contributed by atoms with Crippen LogP contribution in [-0.2, 0) is 0 Å². The molecular formula is C21H20N6O. The summed E-state index contributed by atoms with van der Waals surface area (Å²) in [7, 11) is 1.87. The summed E-state index contributed by atoms with van der Waals surface area (Å²) in [6, 6.07) is 16.1. The van der Waals surface area contributed by atoms with E-state index in [-0.39, 0.29) is 0 Å². The van der Waals surface area contributed by atoms with Crippen LogP contribution in [0.2, 0.25) is 0 Å². The number of fused-ring (bicyclic) bond motifs is 4. The molecule has 140 valence electrons. The third-order valence-electron chi connectivity index (χ3n) is 4.54. The molecule has 0 aromatic heterocycles. The molecule has 0 amide bonds. The minimum atomic E-state index is 0.469. The van der Waals surface area contributed by atoms with Crippen molar-refractivity contribution < 1.29 is 4.74 Å². The monoisotopic (exact) mass is 372 g/mol. The molecule has 0 spiro atoms. The van der Waals surface area contributed by atoms with Crippen molar-refractivity contribution in [2.45, 2.75) is 6.42 Å². The van der Waals surface area contributed by atoms with Crippen molar-refractivity contribution in [2.24, 2.45) is 10.1 Å². The van der Waals surface area contributed by atoms with E-state index in [2.05, 4.69) is 32.8 Å². The summed E-state index contributed by atoms with van der Waals surface area (Å²) < 4.78 is 6.21. The average molecular weight is 372 g/mol. The van der Waals surface area contributed by atoms with Crippen LogP contribution in [0.1, 0.15) is 6.42 Å². The lowest BCUT2D eigenvalue weighted by atomic mass is 10.0. The van der Waals surface area contributed by atoms with Gasteiger partial charge in [0.05, 0.1) is 0 Å². The number of anilines is 1. The maximum atomic E-state index is 8.39. The van der Waals surface area contributed by atoms with Crippen LogP contribution in [0.25, 0.3) is 27.4 Å². The van der Waals surface area contributed by atoms with Gasteiger partial charge >= 0.3 is 0 Å². The molecule has 7 heteroatoms. The number of nitrogens with zero attached hydrogens (tertiary/aromatic N) is 4. The van der Waals surface area contributed by atoms with Gasteiger partial charge in [-0.1, -0.05) is 35.4 Å². The van der Waals surface area contributed by atoms with Crippen molar-refractivity contribution in [1.29, 1.82) is 0 Å². The number of rotatable bonds is 6. The Labute approximate surface area is 162 Å². The zero-order valence-electron chi connectivity index (χ0n) is 15.5. The molecule has 2 N–H and O–H groups in total. The molecule has 0 bridgehead atoms. The van der Waals surface area contributed by atoms with Crippen LogP contribution in [0.15, 0.2) is 58.6 Å². The van der Waals surface area contributed by atoms with E-state index in [0.29, 0.717) is 13.1 Å². The van der Waals surface area contributed by atoms with Crippen molar-refractivity contribution in [2.75, 3.05) is 25.5 Å². The van der Waals surface area contributed by atoms with Gasteiger partial charge in [0.25, 0.3) is 0 Å². The van der Waals surface area contributed by atoms with Gasteiger partial charge in [0.15, 0.2) is 11.5 Å². The summed E-state index contributed by atoms with van der Waals surface area (Å²) in [5.41, 5.74) is 10.2. The topological polar surface area (TPSA) is 94.4 Å². The maximum Gasteiger partial charge on any atom is 0.155 e. The molecule has 1 aliphatic heterocycles. The number of ether oxygens (including phenoxy) is 1. The Balaban J connectivity index is 1.77. The number of benzene rings is 3. The highest BCUT2D eigenvalue weighted by molar-refractivity contribution is 6.03. The first-order chi connectivity index (χ1) is 13.8. The number of nitrogens with one attached hydrogen (secondary N) is 2. The van der Waals surface area contributed by atoms with Gasteiger partial charge in [0, 0.05) is 53.8 Å². The predicted octanol–water partition coefficient (Wildman–Crippen LogP) is 3.97. The molecule has 0 saturated heterocycles. The van der Waals surface area contributed by atoms with Gasteiger partial charge in [-0.2, -0.15) is 0 Å². The van der Waals surface area contributed by atoms with Gasteiger partial charge in [0.1, 0.15) is 11.0 Å². The van der Waals surface area contributed by atoms with Crippen LogP contribution in [0.5, 0.6) is 11.5 Å². The second kappa shape index (κ2) is 7.90. The Morgan fingerprint density at radius 3 is 2.82 bits per heavy atom.